The molecule has 0 spiro atoms. The molecular weight excluding hydrogens is 224 g/mol. The van der Waals surface area contributed by atoms with Crippen molar-refractivity contribution in [2.24, 2.45) is 5.92 Å². The highest BCUT2D eigenvalue weighted by Crippen LogP contribution is 2.13. The minimum atomic E-state index is -0.952. The number of hydrogen-bond donors (Lipinski definition) is 3. The molecule has 6 heteroatoms. The van der Waals surface area contributed by atoms with E-state index >= 15 is 0 Å². The molecule has 0 saturated heterocycles. The summed E-state index contributed by atoms with van der Waals surface area (Å²) < 4.78 is 0. The number of aromatic nitrogens is 1. The zero-order valence-electron chi connectivity index (χ0n) is 9.38. The maximum absolute atomic E-state index is 11.6. The summed E-state index contributed by atoms with van der Waals surface area (Å²) in [6.45, 7) is 1.77. The largest absolute Gasteiger partial charge is 0.505 e. The molecule has 0 fully saturated rings. The van der Waals surface area contributed by atoms with Gasteiger partial charge in [-0.1, -0.05) is 6.92 Å². The number of pyridine rings is 1. The molecule has 0 bridgehead atoms. The van der Waals surface area contributed by atoms with Crippen LogP contribution in [-0.2, 0) is 4.79 Å². The molecule has 1 unspecified atom stereocenters. The number of carboxylic acids is 1. The van der Waals surface area contributed by atoms with Crippen LogP contribution in [0.25, 0.3) is 0 Å². The summed E-state index contributed by atoms with van der Waals surface area (Å²) >= 11 is 0. The van der Waals surface area contributed by atoms with E-state index < -0.39 is 17.8 Å². The molecule has 1 atom stereocenters. The lowest BCUT2D eigenvalue weighted by molar-refractivity contribution is -0.141. The van der Waals surface area contributed by atoms with E-state index in [2.05, 4.69) is 10.3 Å². The van der Waals surface area contributed by atoms with Gasteiger partial charge in [0.25, 0.3) is 5.91 Å². The fourth-order valence-electron chi connectivity index (χ4n) is 1.30. The number of amides is 1. The molecule has 1 aromatic heterocycles. The van der Waals surface area contributed by atoms with Crippen LogP contribution >= 0.6 is 0 Å². The number of carbonyl (C=O) groups is 2. The first kappa shape index (κ1) is 13.0. The van der Waals surface area contributed by atoms with Crippen molar-refractivity contribution in [1.29, 1.82) is 0 Å². The zero-order chi connectivity index (χ0) is 12.8. The third-order valence-corrected chi connectivity index (χ3v) is 2.40. The van der Waals surface area contributed by atoms with Crippen molar-refractivity contribution < 1.29 is 19.8 Å². The van der Waals surface area contributed by atoms with Gasteiger partial charge in [0.05, 0.1) is 17.7 Å². The highest BCUT2D eigenvalue weighted by molar-refractivity contribution is 5.96. The summed E-state index contributed by atoms with van der Waals surface area (Å²) in [6, 6.07) is 1.37. The summed E-state index contributed by atoms with van der Waals surface area (Å²) in [6.07, 6.45) is 2.96. The minimum Gasteiger partial charge on any atom is -0.505 e. The van der Waals surface area contributed by atoms with Crippen molar-refractivity contribution >= 4 is 11.9 Å². The van der Waals surface area contributed by atoms with Gasteiger partial charge in [0.2, 0.25) is 0 Å². The van der Waals surface area contributed by atoms with Crippen molar-refractivity contribution in [1.82, 2.24) is 10.3 Å². The third kappa shape index (κ3) is 3.44. The first-order valence-corrected chi connectivity index (χ1v) is 5.20. The Morgan fingerprint density at radius 3 is 2.76 bits per heavy atom. The fourth-order valence-corrected chi connectivity index (χ4v) is 1.30. The lowest BCUT2D eigenvalue weighted by atomic mass is 10.1. The molecule has 0 aliphatic rings. The maximum atomic E-state index is 11.6. The Kier molecular flexibility index (Phi) is 4.45. The molecule has 0 saturated carbocycles. The molecule has 0 aromatic carbocycles. The Labute approximate surface area is 98.3 Å². The summed E-state index contributed by atoms with van der Waals surface area (Å²) in [5.74, 6) is -2.31. The Balaban J connectivity index is 2.62. The van der Waals surface area contributed by atoms with Crippen LogP contribution in [-0.4, -0.2) is 33.6 Å². The van der Waals surface area contributed by atoms with Gasteiger partial charge in [0.1, 0.15) is 5.75 Å². The van der Waals surface area contributed by atoms with Gasteiger partial charge < -0.3 is 15.5 Å². The summed E-state index contributed by atoms with van der Waals surface area (Å²) in [5.41, 5.74) is 0.0836. The lowest BCUT2D eigenvalue weighted by Crippen LogP contribution is -2.32. The molecular formula is C11H14N2O4. The molecule has 0 aliphatic carbocycles. The van der Waals surface area contributed by atoms with Gasteiger partial charge in [-0.3, -0.25) is 14.6 Å². The van der Waals surface area contributed by atoms with E-state index in [4.69, 9.17) is 5.11 Å². The number of nitrogens with one attached hydrogen (secondary N) is 1. The van der Waals surface area contributed by atoms with Crippen molar-refractivity contribution in [3.63, 3.8) is 0 Å². The number of nitrogens with zero attached hydrogens (tertiary/aromatic N) is 1. The number of carbonyl (C=O) groups excluding carboxylic acids is 1. The quantitative estimate of drug-likeness (QED) is 0.698. The Bertz CT molecular complexity index is 420. The smallest absolute Gasteiger partial charge is 0.308 e. The van der Waals surface area contributed by atoms with Crippen LogP contribution in [0.2, 0.25) is 0 Å². The Hall–Kier alpha value is -2.11. The van der Waals surface area contributed by atoms with E-state index in [0.717, 1.165) is 6.20 Å². The molecule has 0 radical (unpaired) electrons. The Morgan fingerprint density at radius 2 is 2.24 bits per heavy atom. The van der Waals surface area contributed by atoms with Gasteiger partial charge in [0, 0.05) is 12.7 Å². The van der Waals surface area contributed by atoms with Gasteiger partial charge in [-0.15, -0.1) is 0 Å². The number of rotatable bonds is 5. The number of carboxylic acid groups (broad SMARTS) is 1. The van der Waals surface area contributed by atoms with E-state index in [0.29, 0.717) is 6.42 Å². The van der Waals surface area contributed by atoms with E-state index in [1.807, 2.05) is 0 Å². The second-order valence-electron chi connectivity index (χ2n) is 3.55. The number of hydrogen-bond acceptors (Lipinski definition) is 4. The van der Waals surface area contributed by atoms with Crippen LogP contribution in [0.5, 0.6) is 5.75 Å². The van der Waals surface area contributed by atoms with E-state index in [1.165, 1.54) is 12.3 Å². The van der Waals surface area contributed by atoms with Crippen LogP contribution in [0.1, 0.15) is 23.7 Å². The van der Waals surface area contributed by atoms with Crippen LogP contribution in [0.4, 0.5) is 0 Å². The summed E-state index contributed by atoms with van der Waals surface area (Å²) in [7, 11) is 0. The molecule has 17 heavy (non-hydrogen) atoms. The first-order chi connectivity index (χ1) is 8.06. The summed E-state index contributed by atoms with van der Waals surface area (Å²) in [4.78, 5) is 26.0. The fraction of sp³-hybridized carbons (Fsp3) is 0.364. The lowest BCUT2D eigenvalue weighted by Gasteiger charge is -2.11. The molecule has 92 valence electrons. The predicted octanol–water partition coefficient (Wildman–Crippen LogP) is 0.628. The van der Waals surface area contributed by atoms with Gasteiger partial charge in [-0.25, -0.2) is 0 Å². The standard InChI is InChI=1S/C11H14N2O4/c1-2-7(11(16)17)5-13-10(15)8-3-4-12-6-9(8)14/h3-4,6-7,14H,2,5H2,1H3,(H,13,15)(H,16,17). The average Bonchev–Trinajstić information content (AvgIpc) is 2.29. The topological polar surface area (TPSA) is 99.5 Å². The monoisotopic (exact) mass is 238 g/mol. The van der Waals surface area contributed by atoms with Gasteiger partial charge >= 0.3 is 5.97 Å². The predicted molar refractivity (Wildman–Crippen MR) is 59.7 cm³/mol. The minimum absolute atomic E-state index is 0.0342. The first-order valence-electron chi connectivity index (χ1n) is 5.20. The van der Waals surface area contributed by atoms with Crippen LogP contribution < -0.4 is 5.32 Å². The molecule has 3 N–H and O–H groups in total. The third-order valence-electron chi connectivity index (χ3n) is 2.40. The highest BCUT2D eigenvalue weighted by atomic mass is 16.4. The van der Waals surface area contributed by atoms with Crippen LogP contribution in [0, 0.1) is 5.92 Å². The van der Waals surface area contributed by atoms with Crippen molar-refractivity contribution in [2.45, 2.75) is 13.3 Å². The van der Waals surface area contributed by atoms with E-state index in [9.17, 15) is 14.7 Å². The molecule has 0 aliphatic heterocycles. The maximum Gasteiger partial charge on any atom is 0.308 e. The van der Waals surface area contributed by atoms with Gasteiger partial charge in [0.15, 0.2) is 0 Å². The molecule has 1 heterocycles. The van der Waals surface area contributed by atoms with Crippen molar-refractivity contribution in [3.8, 4) is 5.75 Å². The normalized spacial score (nSPS) is 11.8. The SMILES string of the molecule is CCC(CNC(=O)c1ccncc1O)C(=O)O. The Morgan fingerprint density at radius 1 is 1.53 bits per heavy atom. The van der Waals surface area contributed by atoms with Crippen LogP contribution in [0.15, 0.2) is 18.5 Å². The zero-order valence-corrected chi connectivity index (χ0v) is 9.38. The number of aromatic hydroxyl groups is 1. The van der Waals surface area contributed by atoms with E-state index in [1.54, 1.807) is 6.92 Å². The second-order valence-corrected chi connectivity index (χ2v) is 3.55. The highest BCUT2D eigenvalue weighted by Gasteiger charge is 2.17. The molecule has 1 amide bonds. The van der Waals surface area contributed by atoms with Gasteiger partial charge in [-0.2, -0.15) is 0 Å². The van der Waals surface area contributed by atoms with Crippen molar-refractivity contribution in [2.75, 3.05) is 6.54 Å². The van der Waals surface area contributed by atoms with Crippen molar-refractivity contribution in [3.05, 3.63) is 24.0 Å². The summed E-state index contributed by atoms with van der Waals surface area (Å²) in [5, 5.41) is 20.6. The van der Waals surface area contributed by atoms with Crippen LogP contribution in [0.3, 0.4) is 0 Å². The molecule has 1 rings (SSSR count). The second kappa shape index (κ2) is 5.83. The molecule has 1 aromatic rings. The van der Waals surface area contributed by atoms with E-state index in [-0.39, 0.29) is 17.9 Å². The molecule has 6 nitrogen and oxygen atoms in total. The van der Waals surface area contributed by atoms with Gasteiger partial charge in [-0.05, 0) is 12.5 Å². The number of aliphatic carboxylic acids is 1. The average molecular weight is 238 g/mol.